The molecule has 124 valence electrons. The van der Waals surface area contributed by atoms with Crippen molar-refractivity contribution in [3.63, 3.8) is 0 Å². The Bertz CT molecular complexity index is 729. The SMILES string of the molecule is C#Cc1c(C=O)ccc2c1C(C)(C)CCC2(C)C.c1cncnc1. The first-order chi connectivity index (χ1) is 11.3. The number of terminal acetylenes is 1. The molecule has 0 spiro atoms. The van der Waals surface area contributed by atoms with Gasteiger partial charge in [0.25, 0.3) is 0 Å². The van der Waals surface area contributed by atoms with Crippen molar-refractivity contribution in [3.8, 4) is 12.3 Å². The number of aldehydes is 1. The number of hydrogen-bond donors (Lipinski definition) is 0. The highest BCUT2D eigenvalue weighted by Gasteiger charge is 2.38. The highest BCUT2D eigenvalue weighted by Crippen LogP contribution is 2.47. The van der Waals surface area contributed by atoms with Crippen LogP contribution in [0.5, 0.6) is 0 Å². The Balaban J connectivity index is 0.000000292. The second kappa shape index (κ2) is 6.97. The minimum atomic E-state index is 0.0472. The quantitative estimate of drug-likeness (QED) is 0.581. The van der Waals surface area contributed by atoms with Crippen molar-refractivity contribution in [3.05, 3.63) is 59.2 Å². The molecule has 1 aliphatic carbocycles. The molecule has 3 heteroatoms. The number of rotatable bonds is 1. The molecule has 3 nitrogen and oxygen atoms in total. The minimum Gasteiger partial charge on any atom is -0.298 e. The fourth-order valence-corrected chi connectivity index (χ4v) is 3.28. The molecule has 0 bridgehead atoms. The molecular weight excluding hydrogens is 296 g/mol. The Labute approximate surface area is 144 Å². The average molecular weight is 320 g/mol. The van der Waals surface area contributed by atoms with Gasteiger partial charge in [0, 0.05) is 23.5 Å². The molecule has 0 saturated carbocycles. The lowest BCUT2D eigenvalue weighted by molar-refractivity contribution is 0.112. The van der Waals surface area contributed by atoms with Crippen LogP contribution in [0.25, 0.3) is 0 Å². The van der Waals surface area contributed by atoms with Crippen LogP contribution in [-0.2, 0) is 10.8 Å². The molecule has 0 fully saturated rings. The van der Waals surface area contributed by atoms with Crippen LogP contribution in [-0.4, -0.2) is 16.3 Å². The zero-order valence-electron chi connectivity index (χ0n) is 14.8. The van der Waals surface area contributed by atoms with E-state index < -0.39 is 0 Å². The Morgan fingerprint density at radius 1 is 1.08 bits per heavy atom. The van der Waals surface area contributed by atoms with Gasteiger partial charge < -0.3 is 0 Å². The van der Waals surface area contributed by atoms with E-state index in [4.69, 9.17) is 6.42 Å². The van der Waals surface area contributed by atoms with Crippen molar-refractivity contribution in [2.45, 2.75) is 51.4 Å². The number of carbonyl (C=O) groups excluding carboxylic acids is 1. The van der Waals surface area contributed by atoms with Gasteiger partial charge in [-0.05, 0) is 40.9 Å². The maximum absolute atomic E-state index is 11.1. The number of hydrogen-bond acceptors (Lipinski definition) is 3. The van der Waals surface area contributed by atoms with Crippen molar-refractivity contribution < 1.29 is 4.79 Å². The van der Waals surface area contributed by atoms with Gasteiger partial charge in [-0.1, -0.05) is 45.7 Å². The van der Waals surface area contributed by atoms with Crippen LogP contribution in [0.4, 0.5) is 0 Å². The first-order valence-corrected chi connectivity index (χ1v) is 8.13. The number of aromatic nitrogens is 2. The fourth-order valence-electron chi connectivity index (χ4n) is 3.28. The monoisotopic (exact) mass is 320 g/mol. The second-order valence-electron chi connectivity index (χ2n) is 7.39. The van der Waals surface area contributed by atoms with Crippen LogP contribution in [0.1, 0.15) is 67.6 Å². The fraction of sp³-hybridized carbons (Fsp3) is 0.381. The van der Waals surface area contributed by atoms with Gasteiger partial charge in [-0.15, -0.1) is 6.42 Å². The molecule has 24 heavy (non-hydrogen) atoms. The summed E-state index contributed by atoms with van der Waals surface area (Å²) in [5, 5.41) is 0. The predicted molar refractivity (Wildman–Crippen MR) is 97.1 cm³/mol. The maximum atomic E-state index is 11.1. The zero-order chi connectivity index (χ0) is 17.8. The summed E-state index contributed by atoms with van der Waals surface area (Å²) < 4.78 is 0. The summed E-state index contributed by atoms with van der Waals surface area (Å²) >= 11 is 0. The summed E-state index contributed by atoms with van der Waals surface area (Å²) in [6.07, 6.45) is 13.6. The van der Waals surface area contributed by atoms with Crippen LogP contribution in [0.2, 0.25) is 0 Å². The lowest BCUT2D eigenvalue weighted by atomic mass is 9.61. The van der Waals surface area contributed by atoms with Gasteiger partial charge in [0.05, 0.1) is 0 Å². The normalized spacial score (nSPS) is 16.8. The highest BCUT2D eigenvalue weighted by atomic mass is 16.1. The number of carbonyl (C=O) groups is 1. The number of benzene rings is 1. The standard InChI is InChI=1S/C17H20O.C4H4N2/c1-6-13-12(11-18)7-8-14-15(13)17(4,5)10-9-16(14,2)3;1-2-5-4-6-3-1/h1,7-8,11H,9-10H2,2-5H3;1-4H. The number of nitrogens with zero attached hydrogens (tertiary/aromatic N) is 2. The largest absolute Gasteiger partial charge is 0.298 e. The molecular formula is C21H24N2O. The first kappa shape index (κ1) is 17.9. The smallest absolute Gasteiger partial charge is 0.151 e. The van der Waals surface area contributed by atoms with E-state index in [1.54, 1.807) is 18.5 Å². The van der Waals surface area contributed by atoms with Gasteiger partial charge in [0.1, 0.15) is 6.33 Å². The van der Waals surface area contributed by atoms with Crippen LogP contribution in [0.15, 0.2) is 36.9 Å². The molecule has 1 aliphatic rings. The highest BCUT2D eigenvalue weighted by molar-refractivity contribution is 5.81. The lowest BCUT2D eigenvalue weighted by Gasteiger charge is -2.42. The predicted octanol–water partition coefficient (Wildman–Crippen LogP) is 4.31. The van der Waals surface area contributed by atoms with Crippen LogP contribution >= 0.6 is 0 Å². The van der Waals surface area contributed by atoms with Gasteiger partial charge in [-0.25, -0.2) is 9.97 Å². The van der Waals surface area contributed by atoms with E-state index in [2.05, 4.69) is 49.6 Å². The Morgan fingerprint density at radius 3 is 2.17 bits per heavy atom. The Morgan fingerprint density at radius 2 is 1.71 bits per heavy atom. The zero-order valence-corrected chi connectivity index (χ0v) is 14.8. The van der Waals surface area contributed by atoms with E-state index in [9.17, 15) is 4.79 Å². The molecule has 1 aromatic carbocycles. The van der Waals surface area contributed by atoms with E-state index >= 15 is 0 Å². The van der Waals surface area contributed by atoms with E-state index in [1.165, 1.54) is 17.5 Å². The van der Waals surface area contributed by atoms with Gasteiger partial charge in [-0.2, -0.15) is 0 Å². The minimum absolute atomic E-state index is 0.0472. The van der Waals surface area contributed by atoms with E-state index in [0.29, 0.717) is 5.56 Å². The Kier molecular flexibility index (Phi) is 5.19. The van der Waals surface area contributed by atoms with Crippen molar-refractivity contribution in [2.75, 3.05) is 0 Å². The maximum Gasteiger partial charge on any atom is 0.151 e. The molecule has 0 unspecified atom stereocenters. The Hall–Kier alpha value is -2.47. The molecule has 2 aromatic rings. The van der Waals surface area contributed by atoms with Crippen LogP contribution in [0.3, 0.4) is 0 Å². The molecule has 0 atom stereocenters. The average Bonchev–Trinajstić information content (AvgIpc) is 2.60. The van der Waals surface area contributed by atoms with Crippen molar-refractivity contribution >= 4 is 6.29 Å². The first-order valence-electron chi connectivity index (χ1n) is 8.13. The summed E-state index contributed by atoms with van der Waals surface area (Å²) in [7, 11) is 0. The molecule has 3 rings (SSSR count). The van der Waals surface area contributed by atoms with Crippen molar-refractivity contribution in [1.29, 1.82) is 0 Å². The van der Waals surface area contributed by atoms with Gasteiger partial charge in [-0.3, -0.25) is 4.79 Å². The molecule has 0 N–H and O–H groups in total. The van der Waals surface area contributed by atoms with E-state index in [1.807, 2.05) is 6.07 Å². The lowest BCUT2D eigenvalue weighted by Crippen LogP contribution is -2.35. The summed E-state index contributed by atoms with van der Waals surface area (Å²) in [6, 6.07) is 5.73. The molecule has 1 heterocycles. The summed E-state index contributed by atoms with van der Waals surface area (Å²) in [5.74, 6) is 2.74. The molecule has 1 aromatic heterocycles. The number of fused-ring (bicyclic) bond motifs is 1. The van der Waals surface area contributed by atoms with E-state index in [-0.39, 0.29) is 10.8 Å². The topological polar surface area (TPSA) is 42.9 Å². The third-order valence-electron chi connectivity index (χ3n) is 4.77. The van der Waals surface area contributed by atoms with E-state index in [0.717, 1.165) is 24.7 Å². The molecule has 0 radical (unpaired) electrons. The summed E-state index contributed by atoms with van der Waals surface area (Å²) in [5.41, 5.74) is 4.12. The van der Waals surface area contributed by atoms with Gasteiger partial charge >= 0.3 is 0 Å². The molecule has 0 amide bonds. The second-order valence-corrected chi connectivity index (χ2v) is 7.39. The van der Waals surface area contributed by atoms with Gasteiger partial charge in [0.15, 0.2) is 6.29 Å². The summed E-state index contributed by atoms with van der Waals surface area (Å²) in [4.78, 5) is 18.5. The van der Waals surface area contributed by atoms with Crippen molar-refractivity contribution in [2.24, 2.45) is 0 Å². The van der Waals surface area contributed by atoms with Crippen molar-refractivity contribution in [1.82, 2.24) is 9.97 Å². The van der Waals surface area contributed by atoms with Crippen LogP contribution in [0, 0.1) is 12.3 Å². The molecule has 0 saturated heterocycles. The molecule has 0 aliphatic heterocycles. The summed E-state index contributed by atoms with van der Waals surface area (Å²) in [6.45, 7) is 8.94. The van der Waals surface area contributed by atoms with Gasteiger partial charge in [0.2, 0.25) is 0 Å². The third-order valence-corrected chi connectivity index (χ3v) is 4.77. The van der Waals surface area contributed by atoms with Crippen LogP contribution < -0.4 is 0 Å². The third kappa shape index (κ3) is 3.54.